The first-order valence-corrected chi connectivity index (χ1v) is 15.1. The summed E-state index contributed by atoms with van der Waals surface area (Å²) >= 11 is 0. The Morgan fingerprint density at radius 1 is 0.907 bits per heavy atom. The van der Waals surface area contributed by atoms with Crippen LogP contribution in [0.3, 0.4) is 0 Å². The molecule has 0 radical (unpaired) electrons. The molecule has 10 nitrogen and oxygen atoms in total. The molecule has 0 spiro atoms. The summed E-state index contributed by atoms with van der Waals surface area (Å²) in [6, 6.07) is 0. The number of ketones is 2. The first kappa shape index (κ1) is 38.1. The predicted octanol–water partition coefficient (Wildman–Crippen LogP) is 3.95. The maximum atomic E-state index is 12.8. The maximum absolute atomic E-state index is 12.8. The third kappa shape index (κ3) is 12.3. The Hall–Kier alpha value is -2.95. The number of hydrogen-bond acceptors (Lipinski definition) is 10. The number of allylic oxidation sites excluding steroid dienone is 3. The smallest absolute Gasteiger partial charge is 0.345 e. The molecule has 0 bridgehead atoms. The van der Waals surface area contributed by atoms with E-state index in [1.165, 1.54) is 13.8 Å². The molecule has 0 aromatic carbocycles. The van der Waals surface area contributed by atoms with Crippen LogP contribution in [0.5, 0.6) is 0 Å². The molecule has 0 fully saturated rings. The molecular formula is C33H50O10. The van der Waals surface area contributed by atoms with Crippen LogP contribution in [0.25, 0.3) is 0 Å². The maximum Gasteiger partial charge on any atom is 0.345 e. The van der Waals surface area contributed by atoms with Crippen molar-refractivity contribution in [3.05, 3.63) is 35.5 Å². The van der Waals surface area contributed by atoms with E-state index in [1.54, 1.807) is 26.0 Å². The Morgan fingerprint density at radius 2 is 1.53 bits per heavy atom. The first-order valence-electron chi connectivity index (χ1n) is 15.1. The highest BCUT2D eigenvalue weighted by atomic mass is 16.6. The second kappa shape index (κ2) is 18.0. The number of carbonyl (C=O) groups is 5. The molecule has 242 valence electrons. The summed E-state index contributed by atoms with van der Waals surface area (Å²) in [5.41, 5.74) is 0.552. The lowest BCUT2D eigenvalue weighted by Gasteiger charge is -2.27. The van der Waals surface area contributed by atoms with Crippen LogP contribution in [0.1, 0.15) is 93.4 Å². The average molecular weight is 612 g/mol. The number of cyclic esters (lactones) is 2. The fourth-order valence-electron chi connectivity index (χ4n) is 5.10. The van der Waals surface area contributed by atoms with E-state index in [4.69, 9.17) is 4.74 Å². The molecule has 0 saturated carbocycles. The lowest BCUT2D eigenvalue weighted by molar-refractivity contribution is -0.154. The Balaban J connectivity index is 2.51. The molecule has 0 aromatic rings. The minimum atomic E-state index is -1.58. The van der Waals surface area contributed by atoms with Crippen molar-refractivity contribution >= 4 is 29.5 Å². The van der Waals surface area contributed by atoms with Gasteiger partial charge in [-0.05, 0) is 63.0 Å². The van der Waals surface area contributed by atoms with Gasteiger partial charge in [-0.1, -0.05) is 47.3 Å². The predicted molar refractivity (Wildman–Crippen MR) is 160 cm³/mol. The zero-order chi connectivity index (χ0) is 33.0. The highest BCUT2D eigenvalue weighted by Gasteiger charge is 2.36. The molecule has 10 heteroatoms. The second-order valence-corrected chi connectivity index (χ2v) is 12.1. The molecule has 1 heterocycles. The van der Waals surface area contributed by atoms with E-state index < -0.39 is 60.6 Å². The molecule has 0 aromatic heterocycles. The van der Waals surface area contributed by atoms with Crippen molar-refractivity contribution in [2.75, 3.05) is 0 Å². The quantitative estimate of drug-likeness (QED) is 0.0604. The molecule has 0 aliphatic carbocycles. The van der Waals surface area contributed by atoms with Crippen LogP contribution in [0.2, 0.25) is 0 Å². The van der Waals surface area contributed by atoms with E-state index in [-0.39, 0.29) is 41.0 Å². The molecule has 0 saturated heterocycles. The molecular weight excluding hydrogens is 561 g/mol. The minimum Gasteiger partial charge on any atom is -0.462 e. The molecule has 0 amide bonds. The van der Waals surface area contributed by atoms with E-state index in [9.17, 15) is 39.3 Å². The van der Waals surface area contributed by atoms with E-state index in [2.05, 4.69) is 18.2 Å². The minimum absolute atomic E-state index is 0.0736. The van der Waals surface area contributed by atoms with Gasteiger partial charge < -0.3 is 24.8 Å². The van der Waals surface area contributed by atoms with Gasteiger partial charge in [-0.3, -0.25) is 14.4 Å². The largest absolute Gasteiger partial charge is 0.462 e. The third-order valence-electron chi connectivity index (χ3n) is 8.30. The zero-order valence-corrected chi connectivity index (χ0v) is 26.6. The number of carbonyl (C=O) groups excluding carboxylic acids is 5. The van der Waals surface area contributed by atoms with Crippen molar-refractivity contribution in [2.24, 2.45) is 23.7 Å². The summed E-state index contributed by atoms with van der Waals surface area (Å²) < 4.78 is 9.71. The van der Waals surface area contributed by atoms with Crippen LogP contribution in [0, 0.1) is 23.7 Å². The summed E-state index contributed by atoms with van der Waals surface area (Å²) in [6.07, 6.45) is 1.16. The molecule has 1 rings (SSSR count). The first-order chi connectivity index (χ1) is 20.0. The standard InChI is InChI=1S/C33H50O10/c1-9-24(10-2)15-25(34)14-19(4)13-18(3)11-12-26(35)21(6)28(37)16-27(36)20(5)23(8)42-30(39)17-29(38)31-22(7)32(40)43-33(31)41/h9,15,18-21,23,26-27,29,35-36,38H,1,10-14,16-17H2,2-8H3/b24-15-/i18+1,19+1,20+1,21+1,22+1. The summed E-state index contributed by atoms with van der Waals surface area (Å²) in [5.74, 6) is -3.91. The van der Waals surface area contributed by atoms with Gasteiger partial charge in [-0.2, -0.15) is 0 Å². The lowest BCUT2D eigenvalue weighted by Crippen LogP contribution is -2.36. The van der Waals surface area contributed by atoms with Crippen molar-refractivity contribution in [3.8, 4) is 0 Å². The Morgan fingerprint density at radius 3 is 2.07 bits per heavy atom. The van der Waals surface area contributed by atoms with E-state index in [0.717, 1.165) is 18.4 Å². The van der Waals surface area contributed by atoms with Crippen LogP contribution in [0.4, 0.5) is 0 Å². The monoisotopic (exact) mass is 611 g/mol. The third-order valence-corrected chi connectivity index (χ3v) is 8.30. The van der Waals surface area contributed by atoms with Gasteiger partial charge in [0, 0.05) is 30.3 Å². The van der Waals surface area contributed by atoms with Crippen molar-refractivity contribution in [1.29, 1.82) is 0 Å². The number of Topliss-reactive ketones (excluding diaryl/α,β-unsaturated/α-hetero) is 1. The lowest BCUT2D eigenvalue weighted by atomic mass is 10.1. The number of aliphatic hydroxyl groups is 3. The molecule has 8 unspecified atom stereocenters. The van der Waals surface area contributed by atoms with Gasteiger partial charge in [0.1, 0.15) is 11.9 Å². The van der Waals surface area contributed by atoms with Crippen molar-refractivity contribution < 1.29 is 48.8 Å². The van der Waals surface area contributed by atoms with Crippen molar-refractivity contribution in [2.45, 2.75) is 118 Å². The highest BCUT2D eigenvalue weighted by Crippen LogP contribution is 2.25. The van der Waals surface area contributed by atoms with E-state index in [0.29, 0.717) is 19.3 Å². The summed E-state index contributed by atoms with van der Waals surface area (Å²) in [6.45, 7) is 15.8. The Bertz CT molecular complexity index is 1090. The van der Waals surface area contributed by atoms with Gasteiger partial charge in [0.15, 0.2) is 5.78 Å². The van der Waals surface area contributed by atoms with Crippen LogP contribution >= 0.6 is 0 Å². The number of rotatable bonds is 20. The zero-order valence-electron chi connectivity index (χ0n) is 26.6. The van der Waals surface area contributed by atoms with Gasteiger partial charge >= 0.3 is 17.9 Å². The van der Waals surface area contributed by atoms with Crippen molar-refractivity contribution in [1.82, 2.24) is 0 Å². The SMILES string of the molecule is C=C/C(=C/C(=O)C[13CH](C)C[13CH](C)CCC(O)[13CH](C)C(=O)CC(O)[13CH](C)C(C)OC(=O)CC(O)C1=[13C](C)C(=O)OC1=O)CC. The summed E-state index contributed by atoms with van der Waals surface area (Å²) in [7, 11) is 0. The van der Waals surface area contributed by atoms with Crippen LogP contribution in [-0.2, 0) is 33.4 Å². The topological polar surface area (TPSA) is 164 Å². The fourth-order valence-corrected chi connectivity index (χ4v) is 5.10. The number of hydrogen-bond donors (Lipinski definition) is 3. The molecule has 1 aliphatic rings. The number of ether oxygens (including phenoxy) is 2. The van der Waals surface area contributed by atoms with Crippen LogP contribution in [-0.4, -0.2) is 69.2 Å². The molecule has 43 heavy (non-hydrogen) atoms. The average Bonchev–Trinajstić information content (AvgIpc) is 3.19. The van der Waals surface area contributed by atoms with Gasteiger partial charge in [0.05, 0.1) is 30.3 Å². The molecule has 8 atom stereocenters. The highest BCUT2D eigenvalue weighted by molar-refractivity contribution is 6.12. The molecule has 3 N–H and O–H groups in total. The van der Waals surface area contributed by atoms with Gasteiger partial charge in [0.25, 0.3) is 0 Å². The van der Waals surface area contributed by atoms with Crippen LogP contribution < -0.4 is 0 Å². The van der Waals surface area contributed by atoms with E-state index in [1.807, 2.05) is 13.8 Å². The van der Waals surface area contributed by atoms with Gasteiger partial charge in [-0.25, -0.2) is 9.59 Å². The van der Waals surface area contributed by atoms with Gasteiger partial charge in [0.2, 0.25) is 0 Å². The molecule has 1 aliphatic heterocycles. The Kier molecular flexibility index (Phi) is 15.9. The fraction of sp³-hybridized carbons (Fsp3) is 0.667. The van der Waals surface area contributed by atoms with Gasteiger partial charge in [-0.15, -0.1) is 0 Å². The summed E-state index contributed by atoms with van der Waals surface area (Å²) in [4.78, 5) is 60.6. The number of aliphatic hydroxyl groups excluding tert-OH is 3. The van der Waals surface area contributed by atoms with Crippen LogP contribution in [0.15, 0.2) is 35.5 Å². The van der Waals surface area contributed by atoms with E-state index >= 15 is 0 Å². The second-order valence-electron chi connectivity index (χ2n) is 12.1. The normalized spacial score (nSPS) is 19.5. The summed E-state index contributed by atoms with van der Waals surface area (Å²) in [5, 5.41) is 31.5. The Labute approximate surface area is 255 Å². The number of esters is 3. The van der Waals surface area contributed by atoms with Crippen molar-refractivity contribution in [3.63, 3.8) is 0 Å².